The van der Waals surface area contributed by atoms with Gasteiger partial charge in [-0.2, -0.15) is 10.2 Å². The number of H-pyrrole nitrogens is 2. The summed E-state index contributed by atoms with van der Waals surface area (Å²) in [6.45, 7) is 0. The molecule has 2 rings (SSSR count). The van der Waals surface area contributed by atoms with E-state index in [1.54, 1.807) is 0 Å². The quantitative estimate of drug-likeness (QED) is 0.300. The second kappa shape index (κ2) is 10.4. The van der Waals surface area contributed by atoms with Crippen LogP contribution in [-0.4, -0.2) is 70.2 Å². The molecule has 1 radical (unpaired) electrons. The van der Waals surface area contributed by atoms with Crippen molar-refractivity contribution in [2.24, 2.45) is 0 Å². The van der Waals surface area contributed by atoms with Crippen LogP contribution in [0.3, 0.4) is 0 Å². The van der Waals surface area contributed by atoms with Crippen LogP contribution in [0.2, 0.25) is 0 Å². The summed E-state index contributed by atoms with van der Waals surface area (Å²) in [4.78, 5) is 40.7. The van der Waals surface area contributed by atoms with Gasteiger partial charge in [0, 0.05) is 12.1 Å². The molecule has 8 N–H and O–H groups in total. The summed E-state index contributed by atoms with van der Waals surface area (Å²) >= 11 is 0. The fraction of sp³-hybridized carbons (Fsp3) is 0. The van der Waals surface area contributed by atoms with E-state index in [1.807, 2.05) is 0 Å². The molecule has 129 valence electrons. The predicted molar refractivity (Wildman–Crippen MR) is 68.6 cm³/mol. The smallest absolute Gasteiger partial charge is 0.477 e. The van der Waals surface area contributed by atoms with Crippen molar-refractivity contribution < 1.29 is 85.0 Å². The van der Waals surface area contributed by atoms with Crippen molar-refractivity contribution in [3.8, 4) is 0 Å². The van der Waals surface area contributed by atoms with E-state index in [2.05, 4.69) is 20.4 Å². The van der Waals surface area contributed by atoms with E-state index in [0.29, 0.717) is 0 Å². The second-order valence-electron chi connectivity index (χ2n) is 3.55. The first-order valence-corrected chi connectivity index (χ1v) is 5.26. The van der Waals surface area contributed by atoms with E-state index in [9.17, 15) is 19.2 Å². The number of rotatable bonds is 4. The van der Waals surface area contributed by atoms with Crippen LogP contribution in [0.4, 0.5) is 0 Å². The van der Waals surface area contributed by atoms with Gasteiger partial charge < -0.3 is 25.9 Å². The van der Waals surface area contributed by atoms with Crippen LogP contribution < -0.4 is 0 Å². The predicted octanol–water partition coefficient (Wildman–Crippen LogP) is -1.21. The Hall–Kier alpha value is -2.42. The van der Waals surface area contributed by atoms with Crippen molar-refractivity contribution in [1.29, 1.82) is 0 Å². The maximum atomic E-state index is 10.2. The molecule has 0 aliphatic heterocycles. The number of aromatic nitrogens is 4. The van der Waals surface area contributed by atoms with Gasteiger partial charge in [-0.25, -0.2) is 19.2 Å². The van der Waals surface area contributed by atoms with Gasteiger partial charge in [-0.1, -0.05) is 0 Å². The molecule has 0 saturated heterocycles. The molecule has 0 spiro atoms. The molecule has 14 heteroatoms. The molecule has 0 atom stereocenters. The van der Waals surface area contributed by atoms with Crippen molar-refractivity contribution in [3.05, 3.63) is 34.9 Å². The van der Waals surface area contributed by atoms with Gasteiger partial charge in [-0.05, 0) is 0 Å². The Kier molecular flexibility index (Phi) is 10.3. The number of aromatic amines is 2. The summed E-state index contributed by atoms with van der Waals surface area (Å²) in [6.07, 6.45) is 0. The first-order chi connectivity index (χ1) is 10.2. The molecule has 0 unspecified atom stereocenters. The average Bonchev–Trinajstić information content (AvgIpc) is 3.09. The van der Waals surface area contributed by atoms with E-state index in [0.717, 1.165) is 12.1 Å². The molecule has 0 aromatic carbocycles. The third-order valence-corrected chi connectivity index (χ3v) is 2.05. The summed E-state index contributed by atoms with van der Waals surface area (Å²) in [6, 6.07) is 1.90. The summed E-state index contributed by atoms with van der Waals surface area (Å²) in [5.41, 5.74) is -1.07. The van der Waals surface area contributed by atoms with E-state index in [-0.39, 0.29) is 68.2 Å². The number of nitrogens with zero attached hydrogens (tertiary/aromatic N) is 2. The molecule has 0 aliphatic carbocycles. The van der Waals surface area contributed by atoms with Crippen molar-refractivity contribution >= 4 is 23.9 Å². The fourth-order valence-corrected chi connectivity index (χ4v) is 1.08. The monoisotopic (exact) mass is 488 g/mol. The third kappa shape index (κ3) is 6.78. The number of nitrogens with one attached hydrogen (secondary N) is 2. The molecular formula is C10H10GdN4O9+3. The Morgan fingerprint density at radius 1 is 0.708 bits per heavy atom. The van der Waals surface area contributed by atoms with Gasteiger partial charge >= 0.3 is 63.8 Å². The number of hydrogen-bond acceptors (Lipinski definition) is 6. The Labute approximate surface area is 163 Å². The third-order valence-electron chi connectivity index (χ3n) is 2.05. The van der Waals surface area contributed by atoms with Crippen LogP contribution in [0.15, 0.2) is 12.1 Å². The molecule has 13 nitrogen and oxygen atoms in total. The minimum atomic E-state index is -1.26. The van der Waals surface area contributed by atoms with Crippen molar-refractivity contribution in [3.63, 3.8) is 0 Å². The van der Waals surface area contributed by atoms with Crippen molar-refractivity contribution in [2.75, 3.05) is 0 Å². The molecular weight excluding hydrogens is 477 g/mol. The van der Waals surface area contributed by atoms with Crippen LogP contribution in [0, 0.1) is 39.9 Å². The zero-order valence-electron chi connectivity index (χ0n) is 11.3. The Morgan fingerprint density at radius 3 is 1.12 bits per heavy atom. The first kappa shape index (κ1) is 23.8. The summed E-state index contributed by atoms with van der Waals surface area (Å²) < 4.78 is 0. The zero-order chi connectivity index (χ0) is 16.9. The summed E-state index contributed by atoms with van der Waals surface area (Å²) in [5.74, 6) is -4.97. The molecule has 0 amide bonds. The maximum Gasteiger partial charge on any atom is 3.00 e. The standard InChI is InChI=1S/2C5H4N2O4.Gd.H2O/c2*8-4(9)2-1-3(5(10)11)7-6-2;;/h2*1H,(H,6,7)(H,8,9)(H,10,11);;1H2/q;;+3;. The normalized spacial score (nSPS) is 8.67. The Bertz CT molecular complexity index is 619. The molecule has 2 aromatic heterocycles. The number of carbonyl (C=O) groups is 4. The first-order valence-electron chi connectivity index (χ1n) is 5.26. The van der Waals surface area contributed by atoms with Gasteiger partial charge in [0.1, 0.15) is 11.4 Å². The minimum Gasteiger partial charge on any atom is -0.477 e. The van der Waals surface area contributed by atoms with Crippen LogP contribution >= 0.6 is 0 Å². The van der Waals surface area contributed by atoms with Crippen LogP contribution in [-0.2, 0) is 0 Å². The average molecular weight is 487 g/mol. The molecule has 24 heavy (non-hydrogen) atoms. The van der Waals surface area contributed by atoms with Crippen LogP contribution in [0.25, 0.3) is 0 Å². The summed E-state index contributed by atoms with van der Waals surface area (Å²) in [5, 5.41) is 43.8. The summed E-state index contributed by atoms with van der Waals surface area (Å²) in [7, 11) is 0. The molecule has 0 bridgehead atoms. The number of aromatic carboxylic acids is 4. The molecule has 0 saturated carbocycles. The van der Waals surface area contributed by atoms with E-state index in [4.69, 9.17) is 20.4 Å². The number of carboxylic acids is 4. The van der Waals surface area contributed by atoms with Gasteiger partial charge in [-0.15, -0.1) is 0 Å². The topological polar surface area (TPSA) is 238 Å². The molecule has 0 aliphatic rings. The Morgan fingerprint density at radius 2 is 1.00 bits per heavy atom. The Balaban J connectivity index is 0. The van der Waals surface area contributed by atoms with Gasteiger partial charge in [0.2, 0.25) is 0 Å². The number of hydrogen-bond donors (Lipinski definition) is 6. The molecule has 2 heterocycles. The van der Waals surface area contributed by atoms with Crippen molar-refractivity contribution in [2.45, 2.75) is 0 Å². The largest absolute Gasteiger partial charge is 3.00 e. The van der Waals surface area contributed by atoms with Gasteiger partial charge in [0.05, 0.1) is 0 Å². The van der Waals surface area contributed by atoms with E-state index < -0.39 is 23.9 Å². The van der Waals surface area contributed by atoms with Crippen molar-refractivity contribution in [1.82, 2.24) is 20.4 Å². The molecule has 0 fully saturated rings. The van der Waals surface area contributed by atoms with Crippen LogP contribution in [0.1, 0.15) is 42.0 Å². The number of carboxylic acid groups (broad SMARTS) is 4. The van der Waals surface area contributed by atoms with E-state index in [1.165, 1.54) is 0 Å². The fourth-order valence-electron chi connectivity index (χ4n) is 1.08. The minimum absolute atomic E-state index is 0. The zero-order valence-corrected chi connectivity index (χ0v) is 13.6. The van der Waals surface area contributed by atoms with Crippen LogP contribution in [0.5, 0.6) is 0 Å². The SMILES string of the molecule is O.O=C(O)c1cc(C(=O)O)[nH]n1.O=C(O)c1cc(C(=O)O)[nH]n1.[Gd+3]. The van der Waals surface area contributed by atoms with Gasteiger partial charge in [0.15, 0.2) is 11.4 Å². The van der Waals surface area contributed by atoms with Gasteiger partial charge in [-0.3, -0.25) is 10.2 Å². The van der Waals surface area contributed by atoms with Gasteiger partial charge in [0.25, 0.3) is 0 Å². The molecule has 2 aromatic rings. The maximum absolute atomic E-state index is 10.2. The van der Waals surface area contributed by atoms with E-state index >= 15 is 0 Å². The second-order valence-corrected chi connectivity index (χ2v) is 3.55.